The van der Waals surface area contributed by atoms with Crippen LogP contribution in [0.1, 0.15) is 50.2 Å². The minimum atomic E-state index is -1.65. The molecule has 0 nitrogen and oxygen atoms in total. The van der Waals surface area contributed by atoms with Crippen molar-refractivity contribution in [3.05, 3.63) is 58.4 Å². The van der Waals surface area contributed by atoms with Gasteiger partial charge in [-0.1, -0.05) is 32.6 Å². The molecule has 2 aromatic rings. The summed E-state index contributed by atoms with van der Waals surface area (Å²) in [6, 6.07) is 2.52. The van der Waals surface area contributed by atoms with E-state index >= 15 is 0 Å². The molecule has 0 aliphatic heterocycles. The van der Waals surface area contributed by atoms with Gasteiger partial charge in [0, 0.05) is 0 Å². The Morgan fingerprint density at radius 3 is 2.23 bits per heavy atom. The number of rotatable bonds is 5. The fourth-order valence-electron chi connectivity index (χ4n) is 3.82. The first kappa shape index (κ1) is 18.9. The molecule has 0 amide bonds. The van der Waals surface area contributed by atoms with Crippen LogP contribution in [0.4, 0.5) is 22.0 Å². The highest BCUT2D eigenvalue weighted by molar-refractivity contribution is 5.67. The quantitative estimate of drug-likeness (QED) is 0.312. The van der Waals surface area contributed by atoms with Gasteiger partial charge < -0.3 is 0 Å². The Morgan fingerprint density at radius 1 is 0.885 bits per heavy atom. The van der Waals surface area contributed by atoms with Crippen LogP contribution in [-0.4, -0.2) is 0 Å². The molecule has 0 heterocycles. The Bertz CT molecular complexity index is 790. The number of unbranched alkanes of at least 4 members (excludes halogenated alkanes) is 2. The molecule has 1 atom stereocenters. The van der Waals surface area contributed by atoms with E-state index in [1.807, 2.05) is 0 Å². The Hall–Kier alpha value is -1.91. The summed E-state index contributed by atoms with van der Waals surface area (Å²) in [5, 5.41) is 0. The third kappa shape index (κ3) is 3.62. The molecule has 0 spiro atoms. The van der Waals surface area contributed by atoms with Crippen LogP contribution in [0.2, 0.25) is 0 Å². The highest BCUT2D eigenvalue weighted by Crippen LogP contribution is 2.37. The third-order valence-corrected chi connectivity index (χ3v) is 5.21. The molecule has 3 rings (SSSR count). The van der Waals surface area contributed by atoms with Gasteiger partial charge in [0.05, 0.1) is 5.56 Å². The van der Waals surface area contributed by atoms with Crippen LogP contribution >= 0.6 is 0 Å². The summed E-state index contributed by atoms with van der Waals surface area (Å²) < 4.78 is 69.5. The first-order valence-corrected chi connectivity index (χ1v) is 9.07. The minimum absolute atomic E-state index is 0.329. The van der Waals surface area contributed by atoms with Gasteiger partial charge in [-0.2, -0.15) is 0 Å². The predicted octanol–water partition coefficient (Wildman–Crippen LogP) is 6.73. The van der Waals surface area contributed by atoms with E-state index in [2.05, 4.69) is 6.92 Å². The molecule has 26 heavy (non-hydrogen) atoms. The third-order valence-electron chi connectivity index (χ3n) is 5.21. The average molecular weight is 368 g/mol. The maximum Gasteiger partial charge on any atom is 0.194 e. The molecule has 140 valence electrons. The zero-order chi connectivity index (χ0) is 18.8. The van der Waals surface area contributed by atoms with Crippen LogP contribution in [-0.2, 0) is 12.8 Å². The highest BCUT2D eigenvalue weighted by Gasteiger charge is 2.26. The van der Waals surface area contributed by atoms with Crippen LogP contribution in [0.3, 0.4) is 0 Å². The van der Waals surface area contributed by atoms with Crippen molar-refractivity contribution in [3.63, 3.8) is 0 Å². The monoisotopic (exact) mass is 368 g/mol. The molecule has 2 aromatic carbocycles. The Balaban J connectivity index is 1.94. The normalized spacial score (nSPS) is 16.6. The molecule has 0 radical (unpaired) electrons. The molecule has 0 bridgehead atoms. The molecule has 1 aliphatic rings. The minimum Gasteiger partial charge on any atom is -0.206 e. The van der Waals surface area contributed by atoms with Crippen LogP contribution in [0.5, 0.6) is 0 Å². The van der Waals surface area contributed by atoms with E-state index < -0.39 is 34.6 Å². The van der Waals surface area contributed by atoms with Crippen molar-refractivity contribution in [2.24, 2.45) is 5.92 Å². The Labute approximate surface area is 150 Å². The second-order valence-electron chi connectivity index (χ2n) is 7.04. The second kappa shape index (κ2) is 7.77. The molecule has 1 aliphatic carbocycles. The molecular weight excluding hydrogens is 347 g/mol. The second-order valence-corrected chi connectivity index (χ2v) is 7.04. The van der Waals surface area contributed by atoms with E-state index in [0.29, 0.717) is 42.0 Å². The van der Waals surface area contributed by atoms with Crippen molar-refractivity contribution in [1.29, 1.82) is 0 Å². The molecule has 1 unspecified atom stereocenters. The Morgan fingerprint density at radius 2 is 1.58 bits per heavy atom. The van der Waals surface area contributed by atoms with Crippen molar-refractivity contribution < 1.29 is 22.0 Å². The predicted molar refractivity (Wildman–Crippen MR) is 91.3 cm³/mol. The largest absolute Gasteiger partial charge is 0.206 e. The first-order valence-electron chi connectivity index (χ1n) is 9.07. The number of hydrogen-bond acceptors (Lipinski definition) is 0. The summed E-state index contributed by atoms with van der Waals surface area (Å²) in [6.07, 6.45) is 6.30. The summed E-state index contributed by atoms with van der Waals surface area (Å²) in [6.45, 7) is 2.13. The fraction of sp³-hybridized carbons (Fsp3) is 0.429. The highest BCUT2D eigenvalue weighted by atomic mass is 19.2. The molecule has 0 saturated heterocycles. The van der Waals surface area contributed by atoms with Gasteiger partial charge >= 0.3 is 0 Å². The number of halogens is 5. The maximum absolute atomic E-state index is 14.9. The Kier molecular flexibility index (Phi) is 5.64. The summed E-state index contributed by atoms with van der Waals surface area (Å²) in [4.78, 5) is 0. The van der Waals surface area contributed by atoms with Crippen LogP contribution < -0.4 is 0 Å². The SMILES string of the molecule is CCCCCC1CCc2c(cc(F)c(-c3cc(F)c(F)c(F)c3)c2F)C1. The number of benzene rings is 2. The van der Waals surface area contributed by atoms with E-state index in [-0.39, 0.29) is 5.56 Å². The van der Waals surface area contributed by atoms with Crippen molar-refractivity contribution in [2.75, 3.05) is 0 Å². The van der Waals surface area contributed by atoms with Crippen molar-refractivity contribution in [1.82, 2.24) is 0 Å². The topological polar surface area (TPSA) is 0 Å². The molecule has 0 aromatic heterocycles. The van der Waals surface area contributed by atoms with Gasteiger partial charge in [0.2, 0.25) is 0 Å². The molecular formula is C21H21F5. The average Bonchev–Trinajstić information content (AvgIpc) is 2.59. The molecule has 0 fully saturated rings. The van der Waals surface area contributed by atoms with Crippen molar-refractivity contribution in [3.8, 4) is 11.1 Å². The lowest BCUT2D eigenvalue weighted by Gasteiger charge is -2.26. The summed E-state index contributed by atoms with van der Waals surface area (Å²) in [7, 11) is 0. The lowest BCUT2D eigenvalue weighted by molar-refractivity contribution is 0.399. The van der Waals surface area contributed by atoms with Crippen LogP contribution in [0, 0.1) is 35.0 Å². The van der Waals surface area contributed by atoms with E-state index in [1.54, 1.807) is 0 Å². The van der Waals surface area contributed by atoms with Gasteiger partial charge in [-0.3, -0.25) is 0 Å². The zero-order valence-corrected chi connectivity index (χ0v) is 14.6. The molecule has 0 N–H and O–H groups in total. The molecule has 5 heteroatoms. The van der Waals surface area contributed by atoms with E-state index in [0.717, 1.165) is 32.1 Å². The van der Waals surface area contributed by atoms with Gasteiger partial charge in [0.25, 0.3) is 0 Å². The van der Waals surface area contributed by atoms with Crippen molar-refractivity contribution in [2.45, 2.75) is 51.9 Å². The molecule has 0 saturated carbocycles. The van der Waals surface area contributed by atoms with Gasteiger partial charge in [-0.15, -0.1) is 0 Å². The maximum atomic E-state index is 14.9. The van der Waals surface area contributed by atoms with E-state index in [4.69, 9.17) is 0 Å². The fourth-order valence-corrected chi connectivity index (χ4v) is 3.82. The lowest BCUT2D eigenvalue weighted by Crippen LogP contribution is -2.17. The smallest absolute Gasteiger partial charge is 0.194 e. The van der Waals surface area contributed by atoms with Gasteiger partial charge in [-0.05, 0) is 60.1 Å². The van der Waals surface area contributed by atoms with Crippen LogP contribution in [0.25, 0.3) is 11.1 Å². The lowest BCUT2D eigenvalue weighted by atomic mass is 9.80. The number of hydrogen-bond donors (Lipinski definition) is 0. The first-order chi connectivity index (χ1) is 12.4. The van der Waals surface area contributed by atoms with E-state index in [1.165, 1.54) is 6.07 Å². The van der Waals surface area contributed by atoms with Gasteiger partial charge in [-0.25, -0.2) is 22.0 Å². The van der Waals surface area contributed by atoms with Crippen molar-refractivity contribution >= 4 is 0 Å². The van der Waals surface area contributed by atoms with Gasteiger partial charge in [0.1, 0.15) is 11.6 Å². The zero-order valence-electron chi connectivity index (χ0n) is 14.6. The van der Waals surface area contributed by atoms with E-state index in [9.17, 15) is 22.0 Å². The standard InChI is InChI=1S/C21H21F5/c1-2-3-4-5-12-6-7-15-13(8-12)9-16(22)19(20(15)25)14-10-17(23)21(26)18(24)11-14/h9-12H,2-8H2,1H3. The summed E-state index contributed by atoms with van der Waals surface area (Å²) in [5.74, 6) is -5.85. The number of fused-ring (bicyclic) bond motifs is 1. The summed E-state index contributed by atoms with van der Waals surface area (Å²) >= 11 is 0. The van der Waals surface area contributed by atoms with Crippen LogP contribution in [0.15, 0.2) is 18.2 Å². The van der Waals surface area contributed by atoms with Gasteiger partial charge in [0.15, 0.2) is 17.5 Å². The summed E-state index contributed by atoms with van der Waals surface area (Å²) in [5.41, 5.74) is 0.202.